The summed E-state index contributed by atoms with van der Waals surface area (Å²) in [5.74, 6) is 0.953. The van der Waals surface area contributed by atoms with Gasteiger partial charge in [0, 0.05) is 11.7 Å². The van der Waals surface area contributed by atoms with Gasteiger partial charge in [0.15, 0.2) is 0 Å². The lowest BCUT2D eigenvalue weighted by Crippen LogP contribution is -2.17. The third-order valence-corrected chi connectivity index (χ3v) is 3.50. The molecular formula is C16H23NO. The molecule has 0 bridgehead atoms. The summed E-state index contributed by atoms with van der Waals surface area (Å²) in [7, 11) is 1.72. The second-order valence-corrected chi connectivity index (χ2v) is 5.00. The molecule has 2 nitrogen and oxygen atoms in total. The van der Waals surface area contributed by atoms with E-state index >= 15 is 0 Å². The number of allylic oxidation sites excluding steroid dienone is 1. The van der Waals surface area contributed by atoms with E-state index in [0.29, 0.717) is 6.04 Å². The van der Waals surface area contributed by atoms with Crippen LogP contribution in [0.15, 0.2) is 30.4 Å². The number of ether oxygens (including phenoxy) is 1. The van der Waals surface area contributed by atoms with Crippen LogP contribution in [0.2, 0.25) is 0 Å². The molecular weight excluding hydrogens is 222 g/mol. The highest BCUT2D eigenvalue weighted by molar-refractivity contribution is 5.51. The first-order valence-electron chi connectivity index (χ1n) is 6.87. The predicted octanol–water partition coefficient (Wildman–Crippen LogP) is 4.30. The van der Waals surface area contributed by atoms with Crippen LogP contribution in [0.25, 0.3) is 0 Å². The SMILES string of the molecule is COc1ccc(NC2/C=C/CCCCC2)cc1C. The maximum Gasteiger partial charge on any atom is 0.121 e. The zero-order chi connectivity index (χ0) is 12.8. The van der Waals surface area contributed by atoms with E-state index in [4.69, 9.17) is 4.74 Å². The quantitative estimate of drug-likeness (QED) is 0.801. The van der Waals surface area contributed by atoms with Crippen LogP contribution in [0.5, 0.6) is 5.75 Å². The average Bonchev–Trinajstić information content (AvgIpc) is 2.33. The molecule has 0 radical (unpaired) electrons. The molecule has 1 unspecified atom stereocenters. The topological polar surface area (TPSA) is 21.3 Å². The Kier molecular flexibility index (Phi) is 4.68. The van der Waals surface area contributed by atoms with Crippen molar-refractivity contribution in [3.05, 3.63) is 35.9 Å². The summed E-state index contributed by atoms with van der Waals surface area (Å²) in [4.78, 5) is 0. The van der Waals surface area contributed by atoms with Gasteiger partial charge in [-0.05, 0) is 49.9 Å². The molecule has 0 spiro atoms. The van der Waals surface area contributed by atoms with Gasteiger partial charge >= 0.3 is 0 Å². The fourth-order valence-electron chi connectivity index (χ4n) is 2.46. The Hall–Kier alpha value is -1.44. The third kappa shape index (κ3) is 3.52. The van der Waals surface area contributed by atoms with E-state index in [1.165, 1.54) is 43.4 Å². The van der Waals surface area contributed by atoms with Crippen LogP contribution in [0.1, 0.15) is 37.7 Å². The smallest absolute Gasteiger partial charge is 0.121 e. The van der Waals surface area contributed by atoms with Crippen LogP contribution in [0, 0.1) is 6.92 Å². The summed E-state index contributed by atoms with van der Waals surface area (Å²) in [6.45, 7) is 2.08. The Bertz CT molecular complexity index is 412. The van der Waals surface area contributed by atoms with Crippen molar-refractivity contribution in [3.63, 3.8) is 0 Å². The zero-order valence-corrected chi connectivity index (χ0v) is 11.4. The largest absolute Gasteiger partial charge is 0.496 e. The minimum atomic E-state index is 0.470. The van der Waals surface area contributed by atoms with Crippen molar-refractivity contribution in [1.29, 1.82) is 0 Å². The second kappa shape index (κ2) is 6.48. The molecule has 1 N–H and O–H groups in total. The summed E-state index contributed by atoms with van der Waals surface area (Å²) in [5.41, 5.74) is 2.36. The van der Waals surface area contributed by atoms with Crippen LogP contribution in [-0.4, -0.2) is 13.2 Å². The molecule has 0 aromatic heterocycles. The summed E-state index contributed by atoms with van der Waals surface area (Å²) in [6.07, 6.45) is 11.1. The Morgan fingerprint density at radius 3 is 2.89 bits per heavy atom. The van der Waals surface area contributed by atoms with Crippen molar-refractivity contribution in [3.8, 4) is 5.75 Å². The summed E-state index contributed by atoms with van der Waals surface area (Å²) >= 11 is 0. The number of hydrogen-bond donors (Lipinski definition) is 1. The minimum Gasteiger partial charge on any atom is -0.496 e. The maximum atomic E-state index is 5.28. The van der Waals surface area contributed by atoms with E-state index in [0.717, 1.165) is 5.75 Å². The molecule has 0 saturated heterocycles. The molecule has 18 heavy (non-hydrogen) atoms. The Balaban J connectivity index is 2.03. The Morgan fingerprint density at radius 1 is 1.22 bits per heavy atom. The minimum absolute atomic E-state index is 0.470. The molecule has 1 atom stereocenters. The van der Waals surface area contributed by atoms with Crippen LogP contribution in [0.4, 0.5) is 5.69 Å². The molecule has 1 aliphatic carbocycles. The number of rotatable bonds is 3. The molecule has 1 aromatic rings. The monoisotopic (exact) mass is 245 g/mol. The first-order valence-corrected chi connectivity index (χ1v) is 6.87. The maximum absolute atomic E-state index is 5.28. The van der Waals surface area contributed by atoms with E-state index in [1.54, 1.807) is 7.11 Å². The molecule has 0 heterocycles. The highest BCUT2D eigenvalue weighted by Gasteiger charge is 2.07. The fourth-order valence-corrected chi connectivity index (χ4v) is 2.46. The van der Waals surface area contributed by atoms with Gasteiger partial charge in [0.25, 0.3) is 0 Å². The molecule has 0 aliphatic heterocycles. The highest BCUT2D eigenvalue weighted by atomic mass is 16.5. The van der Waals surface area contributed by atoms with Gasteiger partial charge in [0.2, 0.25) is 0 Å². The van der Waals surface area contributed by atoms with Gasteiger partial charge in [-0.25, -0.2) is 0 Å². The van der Waals surface area contributed by atoms with Gasteiger partial charge in [-0.2, -0.15) is 0 Å². The van der Waals surface area contributed by atoms with E-state index in [-0.39, 0.29) is 0 Å². The van der Waals surface area contributed by atoms with Gasteiger partial charge in [0.05, 0.1) is 7.11 Å². The van der Waals surface area contributed by atoms with Crippen molar-refractivity contribution in [2.45, 2.75) is 45.1 Å². The number of methoxy groups -OCH3 is 1. The normalized spacial score (nSPS) is 21.8. The average molecular weight is 245 g/mol. The van der Waals surface area contributed by atoms with Crippen LogP contribution in [-0.2, 0) is 0 Å². The van der Waals surface area contributed by atoms with Crippen LogP contribution >= 0.6 is 0 Å². The van der Waals surface area contributed by atoms with E-state index in [9.17, 15) is 0 Å². The number of hydrogen-bond acceptors (Lipinski definition) is 2. The van der Waals surface area contributed by atoms with Crippen molar-refractivity contribution in [2.75, 3.05) is 12.4 Å². The molecule has 1 aliphatic rings. The Morgan fingerprint density at radius 2 is 2.11 bits per heavy atom. The highest BCUT2D eigenvalue weighted by Crippen LogP contribution is 2.23. The molecule has 2 heteroatoms. The molecule has 0 amide bonds. The number of nitrogens with one attached hydrogen (secondary N) is 1. The van der Waals surface area contributed by atoms with Gasteiger partial charge in [-0.1, -0.05) is 25.0 Å². The van der Waals surface area contributed by atoms with Gasteiger partial charge in [0.1, 0.15) is 5.75 Å². The third-order valence-electron chi connectivity index (χ3n) is 3.50. The van der Waals surface area contributed by atoms with E-state index in [1.807, 2.05) is 6.07 Å². The molecule has 1 aromatic carbocycles. The van der Waals surface area contributed by atoms with Crippen molar-refractivity contribution >= 4 is 5.69 Å². The van der Waals surface area contributed by atoms with Crippen molar-refractivity contribution < 1.29 is 4.74 Å². The first kappa shape index (κ1) is 13.0. The molecule has 0 saturated carbocycles. The van der Waals surface area contributed by atoms with Crippen LogP contribution in [0.3, 0.4) is 0 Å². The summed E-state index contributed by atoms with van der Waals surface area (Å²) < 4.78 is 5.28. The van der Waals surface area contributed by atoms with Crippen molar-refractivity contribution in [1.82, 2.24) is 0 Å². The molecule has 98 valence electrons. The predicted molar refractivity (Wildman–Crippen MR) is 77.4 cm³/mol. The summed E-state index contributed by atoms with van der Waals surface area (Å²) in [5, 5.41) is 3.60. The number of aryl methyl sites for hydroxylation is 1. The standard InChI is InChI=1S/C16H23NO/c1-13-12-15(10-11-16(13)18-2)17-14-8-6-4-3-5-7-9-14/h6,8,10-12,14,17H,3-5,7,9H2,1-2H3/b8-6+. The lowest BCUT2D eigenvalue weighted by atomic mass is 10.0. The summed E-state index contributed by atoms with van der Waals surface area (Å²) in [6, 6.07) is 6.76. The van der Waals surface area contributed by atoms with Gasteiger partial charge in [-0.15, -0.1) is 0 Å². The number of benzene rings is 1. The van der Waals surface area contributed by atoms with Gasteiger partial charge < -0.3 is 10.1 Å². The van der Waals surface area contributed by atoms with E-state index < -0.39 is 0 Å². The second-order valence-electron chi connectivity index (χ2n) is 5.00. The van der Waals surface area contributed by atoms with Gasteiger partial charge in [-0.3, -0.25) is 0 Å². The zero-order valence-electron chi connectivity index (χ0n) is 11.4. The Labute approximate surface area is 110 Å². The number of anilines is 1. The van der Waals surface area contributed by atoms with E-state index in [2.05, 4.69) is 36.5 Å². The first-order chi connectivity index (χ1) is 8.79. The van der Waals surface area contributed by atoms with Crippen molar-refractivity contribution in [2.24, 2.45) is 0 Å². The lowest BCUT2D eigenvalue weighted by molar-refractivity contribution is 0.412. The van der Waals surface area contributed by atoms with Crippen LogP contribution < -0.4 is 10.1 Å². The lowest BCUT2D eigenvalue weighted by Gasteiger charge is -2.19. The molecule has 0 fully saturated rings. The fraction of sp³-hybridized carbons (Fsp3) is 0.500. The molecule has 2 rings (SSSR count).